The van der Waals surface area contributed by atoms with Crippen LogP contribution in [0.25, 0.3) is 0 Å². The van der Waals surface area contributed by atoms with E-state index >= 15 is 0 Å². The third-order valence-corrected chi connectivity index (χ3v) is 4.67. The Bertz CT molecular complexity index is 964. The molecule has 0 aliphatic rings. The standard InChI is InChI=1S/C23H27N5O/c1-5-28(6-2)21-13-11-20(12-14-21)26-23-24-16(3)15-22(27-23)25-19-9-7-18(8-10-19)17(4)29/h7-15H,5-6H2,1-4H3,(H2,24,25,26,27). The van der Waals surface area contributed by atoms with Gasteiger partial charge < -0.3 is 15.5 Å². The van der Waals surface area contributed by atoms with E-state index in [-0.39, 0.29) is 5.78 Å². The highest BCUT2D eigenvalue weighted by atomic mass is 16.1. The SMILES string of the molecule is CCN(CC)c1ccc(Nc2nc(C)cc(Nc3ccc(C(C)=O)cc3)n2)cc1. The summed E-state index contributed by atoms with van der Waals surface area (Å²) in [6, 6.07) is 17.5. The van der Waals surface area contributed by atoms with Crippen molar-refractivity contribution >= 4 is 34.6 Å². The summed E-state index contributed by atoms with van der Waals surface area (Å²) in [5.74, 6) is 1.27. The van der Waals surface area contributed by atoms with Crippen LogP contribution in [0.15, 0.2) is 54.6 Å². The Kier molecular flexibility index (Phi) is 6.44. The molecule has 0 saturated heterocycles. The maximum Gasteiger partial charge on any atom is 0.229 e. The van der Waals surface area contributed by atoms with Crippen molar-refractivity contribution < 1.29 is 4.79 Å². The van der Waals surface area contributed by atoms with E-state index in [1.165, 1.54) is 5.69 Å². The summed E-state index contributed by atoms with van der Waals surface area (Å²) in [6.45, 7) is 9.75. The first-order valence-electron chi connectivity index (χ1n) is 9.84. The molecule has 0 aliphatic carbocycles. The van der Waals surface area contributed by atoms with Crippen LogP contribution in [0.1, 0.15) is 36.8 Å². The Morgan fingerprint density at radius 2 is 1.48 bits per heavy atom. The molecular weight excluding hydrogens is 362 g/mol. The topological polar surface area (TPSA) is 70.2 Å². The van der Waals surface area contributed by atoms with Gasteiger partial charge in [0, 0.05) is 47.5 Å². The first-order chi connectivity index (χ1) is 14.0. The van der Waals surface area contributed by atoms with Gasteiger partial charge in [-0.15, -0.1) is 0 Å². The number of rotatable bonds is 8. The van der Waals surface area contributed by atoms with Gasteiger partial charge in [0.05, 0.1) is 0 Å². The van der Waals surface area contributed by atoms with Gasteiger partial charge >= 0.3 is 0 Å². The molecule has 150 valence electrons. The molecule has 0 saturated carbocycles. The third-order valence-electron chi connectivity index (χ3n) is 4.67. The fraction of sp³-hybridized carbons (Fsp3) is 0.261. The van der Waals surface area contributed by atoms with Gasteiger partial charge in [-0.05, 0) is 76.2 Å². The molecule has 0 aliphatic heterocycles. The summed E-state index contributed by atoms with van der Waals surface area (Å²) >= 11 is 0. The predicted octanol–water partition coefficient (Wildman–Crippen LogP) is 5.32. The summed E-state index contributed by atoms with van der Waals surface area (Å²) in [5, 5.41) is 6.54. The average molecular weight is 390 g/mol. The molecule has 0 atom stereocenters. The Morgan fingerprint density at radius 1 is 0.897 bits per heavy atom. The highest BCUT2D eigenvalue weighted by molar-refractivity contribution is 5.94. The molecule has 6 heteroatoms. The largest absolute Gasteiger partial charge is 0.372 e. The second-order valence-corrected chi connectivity index (χ2v) is 6.82. The molecule has 2 N–H and O–H groups in total. The number of carbonyl (C=O) groups excluding carboxylic acids is 1. The molecule has 0 bridgehead atoms. The van der Waals surface area contributed by atoms with Gasteiger partial charge in [0.15, 0.2) is 5.78 Å². The maximum absolute atomic E-state index is 11.4. The van der Waals surface area contributed by atoms with Crippen molar-refractivity contribution in [1.82, 2.24) is 9.97 Å². The van der Waals surface area contributed by atoms with Crippen molar-refractivity contribution in [2.75, 3.05) is 28.6 Å². The molecule has 0 fully saturated rings. The van der Waals surface area contributed by atoms with E-state index in [2.05, 4.69) is 51.5 Å². The molecule has 0 amide bonds. The van der Waals surface area contributed by atoms with E-state index in [0.29, 0.717) is 17.3 Å². The molecule has 3 aromatic rings. The molecule has 29 heavy (non-hydrogen) atoms. The van der Waals surface area contributed by atoms with Gasteiger partial charge in [-0.25, -0.2) is 4.98 Å². The summed E-state index contributed by atoms with van der Waals surface area (Å²) in [7, 11) is 0. The minimum atomic E-state index is 0.0490. The average Bonchev–Trinajstić information content (AvgIpc) is 2.70. The normalized spacial score (nSPS) is 10.5. The van der Waals surface area contributed by atoms with Gasteiger partial charge in [-0.2, -0.15) is 4.98 Å². The Balaban J connectivity index is 1.74. The van der Waals surface area contributed by atoms with Crippen LogP contribution >= 0.6 is 0 Å². The summed E-state index contributed by atoms with van der Waals surface area (Å²) in [5.41, 5.74) is 4.53. The van der Waals surface area contributed by atoms with Crippen LogP contribution in [0, 0.1) is 6.92 Å². The molecule has 3 rings (SSSR count). The number of aryl methyl sites for hydroxylation is 1. The lowest BCUT2D eigenvalue weighted by molar-refractivity contribution is 0.101. The molecule has 1 aromatic heterocycles. The molecular formula is C23H27N5O. The number of ketones is 1. The quantitative estimate of drug-likeness (QED) is 0.508. The molecule has 0 spiro atoms. The lowest BCUT2D eigenvalue weighted by Crippen LogP contribution is -2.21. The number of nitrogens with one attached hydrogen (secondary N) is 2. The van der Waals surface area contributed by atoms with E-state index in [1.54, 1.807) is 19.1 Å². The van der Waals surface area contributed by atoms with Gasteiger partial charge in [0.2, 0.25) is 5.95 Å². The second-order valence-electron chi connectivity index (χ2n) is 6.82. The van der Waals surface area contributed by atoms with E-state index in [4.69, 9.17) is 0 Å². The van der Waals surface area contributed by atoms with Crippen molar-refractivity contribution in [3.8, 4) is 0 Å². The van der Waals surface area contributed by atoms with E-state index in [0.717, 1.165) is 30.2 Å². The summed E-state index contributed by atoms with van der Waals surface area (Å²) in [6.07, 6.45) is 0. The summed E-state index contributed by atoms with van der Waals surface area (Å²) in [4.78, 5) is 22.8. The first-order valence-corrected chi connectivity index (χ1v) is 9.84. The van der Waals surface area contributed by atoms with Crippen LogP contribution in [0.2, 0.25) is 0 Å². The van der Waals surface area contributed by atoms with Crippen LogP contribution in [0.3, 0.4) is 0 Å². The number of hydrogen-bond acceptors (Lipinski definition) is 6. The Labute approximate surface area is 172 Å². The van der Waals surface area contributed by atoms with Crippen molar-refractivity contribution in [2.45, 2.75) is 27.7 Å². The van der Waals surface area contributed by atoms with Gasteiger partial charge in [-0.3, -0.25) is 4.79 Å². The highest BCUT2D eigenvalue weighted by Crippen LogP contribution is 2.22. The molecule has 0 radical (unpaired) electrons. The molecule has 2 aromatic carbocycles. The Morgan fingerprint density at radius 3 is 2.07 bits per heavy atom. The minimum Gasteiger partial charge on any atom is -0.372 e. The number of aromatic nitrogens is 2. The van der Waals surface area contributed by atoms with Crippen molar-refractivity contribution in [2.24, 2.45) is 0 Å². The molecule has 0 unspecified atom stereocenters. The predicted molar refractivity (Wildman–Crippen MR) is 120 cm³/mol. The number of nitrogens with zero attached hydrogens (tertiary/aromatic N) is 3. The van der Waals surface area contributed by atoms with Crippen LogP contribution in [-0.2, 0) is 0 Å². The zero-order valence-corrected chi connectivity index (χ0v) is 17.4. The van der Waals surface area contributed by atoms with Gasteiger partial charge in [0.1, 0.15) is 5.82 Å². The molecule has 1 heterocycles. The zero-order valence-electron chi connectivity index (χ0n) is 17.4. The lowest BCUT2D eigenvalue weighted by Gasteiger charge is -2.21. The van der Waals surface area contributed by atoms with Crippen molar-refractivity contribution in [3.05, 3.63) is 65.9 Å². The van der Waals surface area contributed by atoms with E-state index < -0.39 is 0 Å². The molecule has 6 nitrogen and oxygen atoms in total. The smallest absolute Gasteiger partial charge is 0.229 e. The number of carbonyl (C=O) groups is 1. The third kappa shape index (κ3) is 5.31. The maximum atomic E-state index is 11.4. The van der Waals surface area contributed by atoms with Gasteiger partial charge in [-0.1, -0.05) is 0 Å². The fourth-order valence-electron chi connectivity index (χ4n) is 3.10. The number of Topliss-reactive ketones (excluding diaryl/α,β-unsaturated/α-hetero) is 1. The minimum absolute atomic E-state index is 0.0490. The fourth-order valence-corrected chi connectivity index (χ4v) is 3.10. The second kappa shape index (κ2) is 9.19. The first kappa shape index (κ1) is 20.3. The number of anilines is 5. The lowest BCUT2D eigenvalue weighted by atomic mass is 10.1. The van der Waals surface area contributed by atoms with E-state index in [9.17, 15) is 4.79 Å². The van der Waals surface area contributed by atoms with E-state index in [1.807, 2.05) is 37.3 Å². The van der Waals surface area contributed by atoms with Crippen LogP contribution in [-0.4, -0.2) is 28.8 Å². The zero-order chi connectivity index (χ0) is 20.8. The number of benzene rings is 2. The van der Waals surface area contributed by atoms with Crippen molar-refractivity contribution in [3.63, 3.8) is 0 Å². The van der Waals surface area contributed by atoms with Gasteiger partial charge in [0.25, 0.3) is 0 Å². The van der Waals surface area contributed by atoms with Crippen LogP contribution < -0.4 is 15.5 Å². The Hall–Kier alpha value is -3.41. The van der Waals surface area contributed by atoms with Crippen LogP contribution in [0.4, 0.5) is 28.8 Å². The summed E-state index contributed by atoms with van der Waals surface area (Å²) < 4.78 is 0. The monoisotopic (exact) mass is 389 g/mol. The highest BCUT2D eigenvalue weighted by Gasteiger charge is 2.06. The van der Waals surface area contributed by atoms with Crippen molar-refractivity contribution in [1.29, 1.82) is 0 Å². The van der Waals surface area contributed by atoms with Crippen LogP contribution in [0.5, 0.6) is 0 Å². The number of hydrogen-bond donors (Lipinski definition) is 2.